The van der Waals surface area contributed by atoms with Gasteiger partial charge in [0.15, 0.2) is 17.0 Å². The summed E-state index contributed by atoms with van der Waals surface area (Å²) in [5.74, 6) is -0.547. The lowest BCUT2D eigenvalue weighted by atomic mass is 10.1. The van der Waals surface area contributed by atoms with Crippen molar-refractivity contribution in [3.05, 3.63) is 52.3 Å². The number of rotatable bonds is 6. The number of amides is 1. The van der Waals surface area contributed by atoms with Crippen LogP contribution in [0.5, 0.6) is 0 Å². The van der Waals surface area contributed by atoms with E-state index in [0.717, 1.165) is 45.3 Å². The summed E-state index contributed by atoms with van der Waals surface area (Å²) in [5, 5.41) is 6.68. The highest BCUT2D eigenvalue weighted by molar-refractivity contribution is 9.10. The number of carbonyl (C=O) groups is 1. The van der Waals surface area contributed by atoms with E-state index in [1.807, 2.05) is 0 Å². The van der Waals surface area contributed by atoms with Gasteiger partial charge in [-0.2, -0.15) is 18.3 Å². The fourth-order valence-corrected chi connectivity index (χ4v) is 4.15. The third-order valence-corrected chi connectivity index (χ3v) is 6.03. The molecular weight excluding hydrogens is 491 g/mol. The molecular formula is C21H22BrF3N5O2+. The third kappa shape index (κ3) is 4.94. The summed E-state index contributed by atoms with van der Waals surface area (Å²) >= 11 is 3.24. The van der Waals surface area contributed by atoms with Crippen molar-refractivity contribution in [1.29, 1.82) is 0 Å². The summed E-state index contributed by atoms with van der Waals surface area (Å²) in [4.78, 5) is 18.4. The van der Waals surface area contributed by atoms with Crippen molar-refractivity contribution in [2.24, 2.45) is 0 Å². The Bertz CT molecular complexity index is 1100. The minimum absolute atomic E-state index is 0.0680. The van der Waals surface area contributed by atoms with Crippen LogP contribution < -0.4 is 10.2 Å². The van der Waals surface area contributed by atoms with Crippen LogP contribution in [0.2, 0.25) is 0 Å². The van der Waals surface area contributed by atoms with Gasteiger partial charge in [-0.05, 0) is 22.0 Å². The molecule has 4 rings (SSSR count). The standard InChI is InChI=1S/C21H21BrF3N5O2/c22-17-18(20(31)26-7-4-8-29-9-11-32-12-10-29)28-30-16(21(23,24)25)13-15(27-19(17)30)14-5-2-1-3-6-14/h1-3,5-6,13H,4,7-12H2,(H,26,31)/p+1. The minimum atomic E-state index is -4.68. The highest BCUT2D eigenvalue weighted by Crippen LogP contribution is 2.34. The molecule has 7 nitrogen and oxygen atoms in total. The Hall–Kier alpha value is -2.50. The van der Waals surface area contributed by atoms with E-state index in [1.54, 1.807) is 30.3 Å². The molecule has 1 saturated heterocycles. The van der Waals surface area contributed by atoms with E-state index in [4.69, 9.17) is 4.74 Å². The molecule has 0 saturated carbocycles. The second-order valence-electron chi connectivity index (χ2n) is 7.51. The molecule has 0 spiro atoms. The Morgan fingerprint density at radius 1 is 1.22 bits per heavy atom. The monoisotopic (exact) mass is 512 g/mol. The van der Waals surface area contributed by atoms with Gasteiger partial charge in [0, 0.05) is 18.5 Å². The molecule has 2 N–H and O–H groups in total. The van der Waals surface area contributed by atoms with Crippen molar-refractivity contribution in [1.82, 2.24) is 19.9 Å². The predicted octanol–water partition coefficient (Wildman–Crippen LogP) is 2.21. The second kappa shape index (κ2) is 9.55. The van der Waals surface area contributed by atoms with Gasteiger partial charge in [-0.15, -0.1) is 0 Å². The van der Waals surface area contributed by atoms with E-state index in [2.05, 4.69) is 31.3 Å². The van der Waals surface area contributed by atoms with Gasteiger partial charge in [-0.25, -0.2) is 9.50 Å². The van der Waals surface area contributed by atoms with Gasteiger partial charge in [0.1, 0.15) is 13.1 Å². The first-order valence-electron chi connectivity index (χ1n) is 10.3. The Labute approximate surface area is 190 Å². The number of morpholine rings is 1. The van der Waals surface area contributed by atoms with E-state index in [9.17, 15) is 18.0 Å². The first-order chi connectivity index (χ1) is 15.3. The molecule has 0 unspecified atom stereocenters. The molecule has 2 aromatic heterocycles. The molecule has 0 radical (unpaired) electrons. The van der Waals surface area contributed by atoms with Crippen LogP contribution in [-0.4, -0.2) is 59.9 Å². The Morgan fingerprint density at radius 3 is 2.62 bits per heavy atom. The van der Waals surface area contributed by atoms with E-state index < -0.39 is 17.8 Å². The molecule has 0 aliphatic carbocycles. The number of ether oxygens (including phenoxy) is 1. The summed E-state index contributed by atoms with van der Waals surface area (Å²) < 4.78 is 47.4. The molecule has 0 atom stereocenters. The fourth-order valence-electron chi connectivity index (χ4n) is 3.63. The van der Waals surface area contributed by atoms with Crippen molar-refractivity contribution >= 4 is 27.5 Å². The van der Waals surface area contributed by atoms with Crippen molar-refractivity contribution in [2.75, 3.05) is 39.4 Å². The first kappa shape index (κ1) is 22.7. The Kier molecular flexibility index (Phi) is 6.77. The predicted molar refractivity (Wildman–Crippen MR) is 114 cm³/mol. The van der Waals surface area contributed by atoms with Crippen LogP contribution in [0.1, 0.15) is 22.6 Å². The summed E-state index contributed by atoms with van der Waals surface area (Å²) in [6.45, 7) is 4.61. The number of quaternary nitrogens is 1. The van der Waals surface area contributed by atoms with Gasteiger partial charge in [-0.3, -0.25) is 4.79 Å². The lowest BCUT2D eigenvalue weighted by molar-refractivity contribution is -0.908. The Balaban J connectivity index is 1.57. The van der Waals surface area contributed by atoms with Crippen molar-refractivity contribution in [3.8, 4) is 11.3 Å². The molecule has 3 aromatic rings. The number of halogens is 4. The zero-order valence-electron chi connectivity index (χ0n) is 17.1. The summed E-state index contributed by atoms with van der Waals surface area (Å²) in [7, 11) is 0. The fraction of sp³-hybridized carbons (Fsp3) is 0.381. The Morgan fingerprint density at radius 2 is 1.94 bits per heavy atom. The quantitative estimate of drug-likeness (QED) is 0.496. The van der Waals surface area contributed by atoms with Crippen LogP contribution in [0, 0.1) is 0 Å². The number of fused-ring (bicyclic) bond motifs is 1. The maximum atomic E-state index is 13.8. The average molecular weight is 513 g/mol. The first-order valence-corrected chi connectivity index (χ1v) is 11.1. The third-order valence-electron chi connectivity index (χ3n) is 5.30. The average Bonchev–Trinajstić information content (AvgIpc) is 3.13. The van der Waals surface area contributed by atoms with E-state index in [1.165, 1.54) is 4.90 Å². The lowest BCUT2D eigenvalue weighted by Gasteiger charge is -2.23. The van der Waals surface area contributed by atoms with Gasteiger partial charge in [0.2, 0.25) is 0 Å². The molecule has 1 fully saturated rings. The molecule has 1 amide bonds. The molecule has 1 aliphatic heterocycles. The maximum Gasteiger partial charge on any atom is 0.433 e. The number of carbonyl (C=O) groups excluding carboxylic acids is 1. The topological polar surface area (TPSA) is 73.0 Å². The number of alkyl halides is 3. The van der Waals surface area contributed by atoms with Crippen LogP contribution in [0.15, 0.2) is 40.9 Å². The number of benzene rings is 1. The maximum absolute atomic E-state index is 13.8. The smallest absolute Gasteiger partial charge is 0.370 e. The minimum Gasteiger partial charge on any atom is -0.370 e. The number of hydrogen-bond acceptors (Lipinski definition) is 4. The SMILES string of the molecule is O=C(NCCC[NH+]1CCOCC1)c1nn2c(C(F)(F)F)cc(-c3ccccc3)nc2c1Br. The number of nitrogens with one attached hydrogen (secondary N) is 2. The number of hydrogen-bond donors (Lipinski definition) is 2. The molecule has 0 bridgehead atoms. The summed E-state index contributed by atoms with van der Waals surface area (Å²) in [5.41, 5.74) is -0.526. The lowest BCUT2D eigenvalue weighted by Crippen LogP contribution is -3.14. The van der Waals surface area contributed by atoms with E-state index in [0.29, 0.717) is 16.6 Å². The highest BCUT2D eigenvalue weighted by atomic mass is 79.9. The zero-order valence-corrected chi connectivity index (χ0v) is 18.7. The molecule has 1 aliphatic rings. The van der Waals surface area contributed by atoms with Crippen LogP contribution in [0.25, 0.3) is 16.9 Å². The zero-order chi connectivity index (χ0) is 22.7. The van der Waals surface area contributed by atoms with E-state index in [-0.39, 0.29) is 21.5 Å². The van der Waals surface area contributed by atoms with Crippen molar-refractivity contribution in [3.63, 3.8) is 0 Å². The van der Waals surface area contributed by atoms with Crippen molar-refractivity contribution in [2.45, 2.75) is 12.6 Å². The van der Waals surface area contributed by atoms with Gasteiger partial charge >= 0.3 is 6.18 Å². The number of nitrogens with zero attached hydrogens (tertiary/aromatic N) is 3. The van der Waals surface area contributed by atoms with Crippen molar-refractivity contribution < 1.29 is 27.6 Å². The molecule has 3 heterocycles. The normalized spacial score (nSPS) is 15.2. The van der Waals surface area contributed by atoms with Crippen LogP contribution in [-0.2, 0) is 10.9 Å². The van der Waals surface area contributed by atoms with Gasteiger partial charge in [-0.1, -0.05) is 30.3 Å². The highest BCUT2D eigenvalue weighted by Gasteiger charge is 2.36. The van der Waals surface area contributed by atoms with Crippen LogP contribution >= 0.6 is 15.9 Å². The molecule has 32 heavy (non-hydrogen) atoms. The number of aromatic nitrogens is 3. The largest absolute Gasteiger partial charge is 0.433 e. The van der Waals surface area contributed by atoms with Gasteiger partial charge < -0.3 is 15.0 Å². The molecule has 170 valence electrons. The molecule has 1 aromatic carbocycles. The second-order valence-corrected chi connectivity index (χ2v) is 8.30. The van der Waals surface area contributed by atoms with Gasteiger partial charge in [0.25, 0.3) is 5.91 Å². The summed E-state index contributed by atoms with van der Waals surface area (Å²) in [6.07, 6.45) is -3.93. The summed E-state index contributed by atoms with van der Waals surface area (Å²) in [6, 6.07) is 9.49. The van der Waals surface area contributed by atoms with Crippen LogP contribution in [0.3, 0.4) is 0 Å². The van der Waals surface area contributed by atoms with Crippen LogP contribution in [0.4, 0.5) is 13.2 Å². The molecule has 11 heteroatoms. The van der Waals surface area contributed by atoms with E-state index >= 15 is 0 Å². The van der Waals surface area contributed by atoms with Gasteiger partial charge in [0.05, 0.1) is 29.9 Å².